The number of hydrogen-bond acceptors (Lipinski definition) is 6. The monoisotopic (exact) mass is 276 g/mol. The highest BCUT2D eigenvalue weighted by molar-refractivity contribution is 7.11. The third kappa shape index (κ3) is 2.29. The van der Waals surface area contributed by atoms with Crippen LogP contribution in [0.15, 0.2) is 24.5 Å². The summed E-state index contributed by atoms with van der Waals surface area (Å²) in [6.45, 7) is 1.87. The van der Waals surface area contributed by atoms with Gasteiger partial charge in [0, 0.05) is 38.2 Å². The van der Waals surface area contributed by atoms with Crippen LogP contribution in [-0.4, -0.2) is 35.7 Å². The van der Waals surface area contributed by atoms with Gasteiger partial charge in [0.05, 0.1) is 11.7 Å². The van der Waals surface area contributed by atoms with Crippen molar-refractivity contribution in [3.8, 4) is 11.1 Å². The topological polar surface area (TPSA) is 64.3 Å². The fraction of sp³-hybridized carbons (Fsp3) is 0.385. The van der Waals surface area contributed by atoms with Crippen LogP contribution < -0.4 is 10.6 Å². The molecule has 3 heterocycles. The van der Waals surface area contributed by atoms with E-state index in [0.717, 1.165) is 35.6 Å². The zero-order chi connectivity index (χ0) is 13.2. The zero-order valence-corrected chi connectivity index (χ0v) is 11.6. The van der Waals surface area contributed by atoms with Crippen LogP contribution in [0.2, 0.25) is 0 Å². The highest BCUT2D eigenvalue weighted by Gasteiger charge is 2.27. The molecule has 0 radical (unpaired) electrons. The maximum Gasteiger partial charge on any atom is 0.147 e. The number of nitrogens with zero attached hydrogens (tertiary/aromatic N) is 3. The summed E-state index contributed by atoms with van der Waals surface area (Å²) in [4.78, 5) is 6.45. The van der Waals surface area contributed by atoms with Gasteiger partial charge in [-0.3, -0.25) is 4.98 Å². The first-order chi connectivity index (χ1) is 9.29. The van der Waals surface area contributed by atoms with Crippen molar-refractivity contribution in [2.75, 3.05) is 30.8 Å². The Kier molecular flexibility index (Phi) is 3.35. The first kappa shape index (κ1) is 12.4. The number of nitrogens with two attached hydrogens (primary N) is 1. The molecule has 0 aromatic carbocycles. The van der Waals surface area contributed by atoms with Crippen molar-refractivity contribution in [1.82, 2.24) is 9.36 Å². The van der Waals surface area contributed by atoms with E-state index in [0.29, 0.717) is 11.9 Å². The molecule has 0 aliphatic carbocycles. The molecule has 0 amide bonds. The van der Waals surface area contributed by atoms with Gasteiger partial charge >= 0.3 is 0 Å². The standard InChI is InChI=1S/C13H16N4OS/c1-18-10-4-6-17(8-10)13-11(12(14)16-19-13)9-3-2-5-15-7-9/h2-3,5,7,10H,4,6,8H2,1H3,(H2,14,16). The molecule has 1 aliphatic rings. The normalized spacial score (nSPS) is 19.0. The molecule has 2 aromatic rings. The zero-order valence-electron chi connectivity index (χ0n) is 10.7. The minimum atomic E-state index is 0.296. The number of aromatic nitrogens is 2. The number of ether oxygens (including phenoxy) is 1. The van der Waals surface area contributed by atoms with E-state index in [9.17, 15) is 0 Å². The number of methoxy groups -OCH3 is 1. The smallest absolute Gasteiger partial charge is 0.147 e. The highest BCUT2D eigenvalue weighted by atomic mass is 32.1. The maximum atomic E-state index is 6.02. The van der Waals surface area contributed by atoms with Crippen LogP contribution in [0.4, 0.5) is 10.8 Å². The summed E-state index contributed by atoms with van der Waals surface area (Å²) >= 11 is 1.45. The van der Waals surface area contributed by atoms with E-state index in [1.54, 1.807) is 13.3 Å². The lowest BCUT2D eigenvalue weighted by Gasteiger charge is -2.17. The second kappa shape index (κ2) is 5.14. The first-order valence-electron chi connectivity index (χ1n) is 6.23. The molecule has 19 heavy (non-hydrogen) atoms. The van der Waals surface area contributed by atoms with E-state index in [2.05, 4.69) is 14.3 Å². The van der Waals surface area contributed by atoms with Gasteiger partial charge in [-0.2, -0.15) is 4.37 Å². The minimum absolute atomic E-state index is 0.296. The molecule has 2 aromatic heterocycles. The van der Waals surface area contributed by atoms with Crippen molar-refractivity contribution in [2.24, 2.45) is 0 Å². The lowest BCUT2D eigenvalue weighted by Crippen LogP contribution is -2.21. The van der Waals surface area contributed by atoms with E-state index in [1.807, 2.05) is 18.3 Å². The lowest BCUT2D eigenvalue weighted by atomic mass is 10.1. The largest absolute Gasteiger partial charge is 0.382 e. The van der Waals surface area contributed by atoms with Crippen LogP contribution in [0.3, 0.4) is 0 Å². The van der Waals surface area contributed by atoms with E-state index in [4.69, 9.17) is 10.5 Å². The van der Waals surface area contributed by atoms with Gasteiger partial charge in [0.2, 0.25) is 0 Å². The summed E-state index contributed by atoms with van der Waals surface area (Å²) in [5, 5.41) is 1.12. The number of rotatable bonds is 3. The molecular weight excluding hydrogens is 260 g/mol. The quantitative estimate of drug-likeness (QED) is 0.929. The predicted molar refractivity (Wildman–Crippen MR) is 77.4 cm³/mol. The van der Waals surface area contributed by atoms with Crippen molar-refractivity contribution in [3.63, 3.8) is 0 Å². The molecular formula is C13H16N4OS. The molecule has 0 bridgehead atoms. The number of anilines is 2. The Bertz CT molecular complexity index is 557. The summed E-state index contributed by atoms with van der Waals surface area (Å²) in [5.74, 6) is 0.578. The second-order valence-electron chi connectivity index (χ2n) is 4.58. The molecule has 100 valence electrons. The molecule has 5 nitrogen and oxygen atoms in total. The molecule has 1 saturated heterocycles. The number of pyridine rings is 1. The van der Waals surface area contributed by atoms with Crippen LogP contribution in [0.5, 0.6) is 0 Å². The second-order valence-corrected chi connectivity index (χ2v) is 5.33. The van der Waals surface area contributed by atoms with Crippen molar-refractivity contribution in [1.29, 1.82) is 0 Å². The van der Waals surface area contributed by atoms with Gasteiger partial charge in [-0.1, -0.05) is 6.07 Å². The van der Waals surface area contributed by atoms with E-state index in [1.165, 1.54) is 11.5 Å². The maximum absolute atomic E-state index is 6.02. The summed E-state index contributed by atoms with van der Waals surface area (Å²) in [6.07, 6.45) is 4.93. The third-order valence-electron chi connectivity index (χ3n) is 3.42. The number of nitrogen functional groups attached to an aromatic ring is 1. The fourth-order valence-corrected chi connectivity index (χ4v) is 3.27. The van der Waals surface area contributed by atoms with Crippen LogP contribution in [0.25, 0.3) is 11.1 Å². The minimum Gasteiger partial charge on any atom is -0.382 e. The lowest BCUT2D eigenvalue weighted by molar-refractivity contribution is 0.121. The Hall–Kier alpha value is -1.66. The molecule has 0 saturated carbocycles. The molecule has 2 N–H and O–H groups in total. The molecule has 3 rings (SSSR count). The summed E-state index contributed by atoms with van der Waals surface area (Å²) < 4.78 is 9.71. The van der Waals surface area contributed by atoms with E-state index >= 15 is 0 Å². The Labute approximate surface area is 116 Å². The third-order valence-corrected chi connectivity index (χ3v) is 4.34. The Balaban J connectivity index is 1.96. The van der Waals surface area contributed by atoms with Crippen LogP contribution >= 0.6 is 11.5 Å². The highest BCUT2D eigenvalue weighted by Crippen LogP contribution is 2.40. The summed E-state index contributed by atoms with van der Waals surface area (Å²) in [7, 11) is 1.76. The van der Waals surface area contributed by atoms with Crippen molar-refractivity contribution >= 4 is 22.4 Å². The number of hydrogen-bond donors (Lipinski definition) is 1. The fourth-order valence-electron chi connectivity index (χ4n) is 2.40. The van der Waals surface area contributed by atoms with Gasteiger partial charge in [-0.15, -0.1) is 0 Å². The van der Waals surface area contributed by atoms with Gasteiger partial charge in [0.15, 0.2) is 0 Å². The van der Waals surface area contributed by atoms with Crippen molar-refractivity contribution < 1.29 is 4.74 Å². The van der Waals surface area contributed by atoms with Gasteiger partial charge < -0.3 is 15.4 Å². The molecule has 1 fully saturated rings. The SMILES string of the molecule is COC1CCN(c2snc(N)c2-c2cccnc2)C1. The molecule has 1 unspecified atom stereocenters. The van der Waals surface area contributed by atoms with Gasteiger partial charge in [-0.05, 0) is 24.0 Å². The van der Waals surface area contributed by atoms with Gasteiger partial charge in [0.1, 0.15) is 10.8 Å². The summed E-state index contributed by atoms with van der Waals surface area (Å²) in [6, 6.07) is 3.93. The van der Waals surface area contributed by atoms with E-state index in [-0.39, 0.29) is 0 Å². The van der Waals surface area contributed by atoms with Crippen molar-refractivity contribution in [2.45, 2.75) is 12.5 Å². The summed E-state index contributed by atoms with van der Waals surface area (Å²) in [5.41, 5.74) is 8.04. The van der Waals surface area contributed by atoms with E-state index < -0.39 is 0 Å². The van der Waals surface area contributed by atoms with Crippen LogP contribution in [-0.2, 0) is 4.74 Å². The molecule has 1 atom stereocenters. The molecule has 1 aliphatic heterocycles. The predicted octanol–water partition coefficient (Wildman–Crippen LogP) is 2.01. The average molecular weight is 276 g/mol. The first-order valence-corrected chi connectivity index (χ1v) is 7.00. The van der Waals surface area contributed by atoms with Crippen LogP contribution in [0.1, 0.15) is 6.42 Å². The Morgan fingerprint density at radius 1 is 1.53 bits per heavy atom. The average Bonchev–Trinajstić information content (AvgIpc) is 3.05. The molecule has 0 spiro atoms. The van der Waals surface area contributed by atoms with Gasteiger partial charge in [-0.25, -0.2) is 0 Å². The van der Waals surface area contributed by atoms with Gasteiger partial charge in [0.25, 0.3) is 0 Å². The Morgan fingerprint density at radius 3 is 3.11 bits per heavy atom. The van der Waals surface area contributed by atoms with Crippen LogP contribution in [0, 0.1) is 0 Å². The Morgan fingerprint density at radius 2 is 2.42 bits per heavy atom. The van der Waals surface area contributed by atoms with Crippen molar-refractivity contribution in [3.05, 3.63) is 24.5 Å². The molecule has 6 heteroatoms.